The monoisotopic (exact) mass is 336 g/mol. The highest BCUT2D eigenvalue weighted by atomic mass is 16.5. The van der Waals surface area contributed by atoms with Crippen LogP contribution in [0.1, 0.15) is 23.7 Å². The van der Waals surface area contributed by atoms with Crippen LogP contribution in [0.5, 0.6) is 0 Å². The molecule has 0 bridgehead atoms. The molecule has 25 heavy (non-hydrogen) atoms. The van der Waals surface area contributed by atoms with Gasteiger partial charge in [0.05, 0.1) is 6.26 Å². The fourth-order valence-corrected chi connectivity index (χ4v) is 2.82. The lowest BCUT2D eigenvalue weighted by atomic mass is 10.1. The Kier molecular flexibility index (Phi) is 4.12. The Morgan fingerprint density at radius 3 is 3.08 bits per heavy atom. The first-order chi connectivity index (χ1) is 12.3. The molecule has 0 spiro atoms. The molecule has 1 fully saturated rings. The van der Waals surface area contributed by atoms with E-state index < -0.39 is 0 Å². The van der Waals surface area contributed by atoms with Crippen molar-refractivity contribution in [3.63, 3.8) is 0 Å². The molecule has 1 saturated heterocycles. The number of carbonyl (C=O) groups is 1. The topological polar surface area (TPSA) is 85.3 Å². The van der Waals surface area contributed by atoms with Crippen LogP contribution in [0.25, 0.3) is 17.7 Å². The molecule has 3 aromatic heterocycles. The molecule has 0 aromatic carbocycles. The zero-order valence-corrected chi connectivity index (χ0v) is 13.4. The second-order valence-electron chi connectivity index (χ2n) is 5.82. The van der Waals surface area contributed by atoms with Crippen molar-refractivity contribution in [1.82, 2.24) is 20.0 Å². The van der Waals surface area contributed by atoms with E-state index in [1.807, 2.05) is 12.1 Å². The SMILES string of the molecule is O=C(/C=C/c1cccnc1)N1CCC(c2noc(-c3ccco3)n2)C1. The van der Waals surface area contributed by atoms with Crippen LogP contribution < -0.4 is 0 Å². The summed E-state index contributed by atoms with van der Waals surface area (Å²) in [5, 5.41) is 4.03. The number of rotatable bonds is 4. The van der Waals surface area contributed by atoms with Crippen LogP contribution in [0.15, 0.2) is 57.9 Å². The standard InChI is InChI=1S/C18H16N4O3/c23-16(6-5-13-3-1-8-19-11-13)22-9-7-14(12-22)17-20-18(25-21-17)15-4-2-10-24-15/h1-6,8,10-11,14H,7,9,12H2/b6-5+. The van der Waals surface area contributed by atoms with E-state index in [2.05, 4.69) is 15.1 Å². The van der Waals surface area contributed by atoms with E-state index in [1.54, 1.807) is 47.8 Å². The second kappa shape index (κ2) is 6.72. The molecule has 7 heteroatoms. The third-order valence-electron chi connectivity index (χ3n) is 4.14. The molecular formula is C18H16N4O3. The van der Waals surface area contributed by atoms with Gasteiger partial charge in [0.2, 0.25) is 5.91 Å². The maximum absolute atomic E-state index is 12.3. The molecule has 4 heterocycles. The number of nitrogens with zero attached hydrogens (tertiary/aromatic N) is 4. The number of carbonyl (C=O) groups excluding carboxylic acids is 1. The Bertz CT molecular complexity index is 871. The predicted molar refractivity (Wildman–Crippen MR) is 89.2 cm³/mol. The van der Waals surface area contributed by atoms with Crippen LogP contribution in [0, 0.1) is 0 Å². The van der Waals surface area contributed by atoms with E-state index in [-0.39, 0.29) is 11.8 Å². The summed E-state index contributed by atoms with van der Waals surface area (Å²) < 4.78 is 10.5. The first kappa shape index (κ1) is 15.3. The van der Waals surface area contributed by atoms with Gasteiger partial charge >= 0.3 is 0 Å². The Balaban J connectivity index is 1.40. The summed E-state index contributed by atoms with van der Waals surface area (Å²) in [6.45, 7) is 1.25. The van der Waals surface area contributed by atoms with Gasteiger partial charge in [0.25, 0.3) is 5.89 Å². The Hall–Kier alpha value is -3.22. The molecule has 3 aromatic rings. The third kappa shape index (κ3) is 3.35. The molecule has 126 valence electrons. The van der Waals surface area contributed by atoms with Gasteiger partial charge in [-0.2, -0.15) is 4.98 Å². The lowest BCUT2D eigenvalue weighted by Crippen LogP contribution is -2.26. The fraction of sp³-hybridized carbons (Fsp3) is 0.222. The minimum Gasteiger partial charge on any atom is -0.459 e. The number of aromatic nitrogens is 3. The van der Waals surface area contributed by atoms with Crippen LogP contribution in [0.2, 0.25) is 0 Å². The van der Waals surface area contributed by atoms with Crippen LogP contribution >= 0.6 is 0 Å². The summed E-state index contributed by atoms with van der Waals surface area (Å²) in [5.74, 6) is 1.56. The van der Waals surface area contributed by atoms with Gasteiger partial charge in [-0.15, -0.1) is 0 Å². The maximum Gasteiger partial charge on any atom is 0.293 e. The first-order valence-corrected chi connectivity index (χ1v) is 8.04. The summed E-state index contributed by atoms with van der Waals surface area (Å²) in [6.07, 6.45) is 9.13. The van der Waals surface area contributed by atoms with Crippen molar-refractivity contribution in [1.29, 1.82) is 0 Å². The molecule has 0 radical (unpaired) electrons. The Morgan fingerprint density at radius 1 is 1.32 bits per heavy atom. The minimum absolute atomic E-state index is 0.0268. The summed E-state index contributed by atoms with van der Waals surface area (Å²) >= 11 is 0. The van der Waals surface area contributed by atoms with Crippen LogP contribution in [-0.2, 0) is 4.79 Å². The highest BCUT2D eigenvalue weighted by Gasteiger charge is 2.30. The number of hydrogen-bond donors (Lipinski definition) is 0. The molecule has 4 rings (SSSR count). The van der Waals surface area contributed by atoms with Crippen molar-refractivity contribution in [2.24, 2.45) is 0 Å². The Labute approximate surface area is 144 Å². The van der Waals surface area contributed by atoms with Crippen LogP contribution in [0.3, 0.4) is 0 Å². The summed E-state index contributed by atoms with van der Waals surface area (Å²) in [4.78, 5) is 22.5. The van der Waals surface area contributed by atoms with Gasteiger partial charge in [-0.3, -0.25) is 9.78 Å². The van der Waals surface area contributed by atoms with Crippen molar-refractivity contribution in [2.45, 2.75) is 12.3 Å². The van der Waals surface area contributed by atoms with Crippen LogP contribution in [0.4, 0.5) is 0 Å². The molecule has 7 nitrogen and oxygen atoms in total. The zero-order valence-electron chi connectivity index (χ0n) is 13.4. The molecule has 1 aliphatic rings. The van der Waals surface area contributed by atoms with Crippen LogP contribution in [-0.4, -0.2) is 39.0 Å². The smallest absolute Gasteiger partial charge is 0.293 e. The summed E-state index contributed by atoms with van der Waals surface area (Å²) in [5.41, 5.74) is 0.896. The van der Waals surface area contributed by atoms with Crippen molar-refractivity contribution < 1.29 is 13.7 Å². The van der Waals surface area contributed by atoms with E-state index in [0.717, 1.165) is 12.0 Å². The molecule has 1 amide bonds. The largest absolute Gasteiger partial charge is 0.459 e. The van der Waals surface area contributed by atoms with Gasteiger partial charge in [-0.05, 0) is 36.3 Å². The number of hydrogen-bond acceptors (Lipinski definition) is 6. The van der Waals surface area contributed by atoms with Gasteiger partial charge in [0.15, 0.2) is 11.6 Å². The lowest BCUT2D eigenvalue weighted by molar-refractivity contribution is -0.124. The van der Waals surface area contributed by atoms with Gasteiger partial charge < -0.3 is 13.8 Å². The molecule has 1 unspecified atom stereocenters. The summed E-state index contributed by atoms with van der Waals surface area (Å²) in [7, 11) is 0. The number of likely N-dealkylation sites (tertiary alicyclic amines) is 1. The maximum atomic E-state index is 12.3. The predicted octanol–water partition coefficient (Wildman–Crippen LogP) is 2.75. The van der Waals surface area contributed by atoms with Crippen molar-refractivity contribution in [2.75, 3.05) is 13.1 Å². The average molecular weight is 336 g/mol. The van der Waals surface area contributed by atoms with E-state index in [1.165, 1.54) is 0 Å². The van der Waals surface area contributed by atoms with Gasteiger partial charge in [-0.1, -0.05) is 11.2 Å². The van der Waals surface area contributed by atoms with E-state index >= 15 is 0 Å². The van der Waals surface area contributed by atoms with Gasteiger partial charge in [0, 0.05) is 37.5 Å². The molecule has 0 aliphatic carbocycles. The minimum atomic E-state index is -0.0268. The third-order valence-corrected chi connectivity index (χ3v) is 4.14. The quantitative estimate of drug-likeness (QED) is 0.681. The summed E-state index contributed by atoms with van der Waals surface area (Å²) in [6, 6.07) is 7.27. The second-order valence-corrected chi connectivity index (χ2v) is 5.82. The van der Waals surface area contributed by atoms with Gasteiger partial charge in [0.1, 0.15) is 0 Å². The average Bonchev–Trinajstić information content (AvgIpc) is 3.40. The molecule has 1 atom stereocenters. The van der Waals surface area contributed by atoms with Crippen molar-refractivity contribution in [3.8, 4) is 11.7 Å². The van der Waals surface area contributed by atoms with E-state index in [9.17, 15) is 4.79 Å². The highest BCUT2D eigenvalue weighted by molar-refractivity contribution is 5.91. The molecule has 1 aliphatic heterocycles. The number of pyridine rings is 1. The fourth-order valence-electron chi connectivity index (χ4n) is 2.82. The number of amides is 1. The van der Waals surface area contributed by atoms with Crippen molar-refractivity contribution >= 4 is 12.0 Å². The van der Waals surface area contributed by atoms with Crippen molar-refractivity contribution in [3.05, 3.63) is 60.4 Å². The molecular weight excluding hydrogens is 320 g/mol. The molecule has 0 N–H and O–H groups in total. The first-order valence-electron chi connectivity index (χ1n) is 8.04. The van der Waals surface area contributed by atoms with E-state index in [0.29, 0.717) is 30.6 Å². The zero-order chi connectivity index (χ0) is 17.1. The van der Waals surface area contributed by atoms with E-state index in [4.69, 9.17) is 8.94 Å². The highest BCUT2D eigenvalue weighted by Crippen LogP contribution is 2.27. The normalized spacial score (nSPS) is 17.4. The van der Waals surface area contributed by atoms with Gasteiger partial charge in [-0.25, -0.2) is 0 Å². The number of furan rings is 1. The molecule has 0 saturated carbocycles. The lowest BCUT2D eigenvalue weighted by Gasteiger charge is -2.12. The Morgan fingerprint density at radius 2 is 2.28 bits per heavy atom.